The Kier molecular flexibility index (Phi) is 7.19. The molecule has 0 saturated carbocycles. The largest absolute Gasteiger partial charge is 0.508 e. The highest BCUT2D eigenvalue weighted by Crippen LogP contribution is 2.17. The third-order valence-corrected chi connectivity index (χ3v) is 4.55. The molecular weight excluding hydrogens is 402 g/mol. The second-order valence-electron chi connectivity index (χ2n) is 6.72. The molecule has 3 rings (SSSR count). The highest BCUT2D eigenvalue weighted by atomic mass is 16.5. The number of carbonyl (C=O) groups is 2. The minimum Gasteiger partial charge on any atom is -0.508 e. The molecule has 1 atom stereocenters. The van der Waals surface area contributed by atoms with Crippen LogP contribution >= 0.6 is 0 Å². The van der Waals surface area contributed by atoms with Gasteiger partial charge in [0.1, 0.15) is 35.9 Å². The maximum absolute atomic E-state index is 12.8. The molecule has 1 aromatic carbocycles. The molecule has 1 aliphatic rings. The summed E-state index contributed by atoms with van der Waals surface area (Å²) >= 11 is 0. The standard InChI is InChI=1S/C22H21N3O6/c1-29-22(28)17-9-19(12-24-11-17)31-14-20-13-25(6-7-30-20)21(27)16(10-23)8-15-2-4-18(26)5-3-15/h2-5,8-9,11-12,20,26H,6-7,13-14H2,1H3/b16-8+. The molecule has 1 saturated heterocycles. The fourth-order valence-corrected chi connectivity index (χ4v) is 2.97. The van der Waals surface area contributed by atoms with Crippen LogP contribution in [0.4, 0.5) is 0 Å². The van der Waals surface area contributed by atoms with Gasteiger partial charge in [0.25, 0.3) is 5.91 Å². The summed E-state index contributed by atoms with van der Waals surface area (Å²) in [4.78, 5) is 29.9. The summed E-state index contributed by atoms with van der Waals surface area (Å²) in [5.41, 5.74) is 0.885. The number of methoxy groups -OCH3 is 1. The van der Waals surface area contributed by atoms with Crippen LogP contribution in [0.5, 0.6) is 11.5 Å². The van der Waals surface area contributed by atoms with Gasteiger partial charge in [0.2, 0.25) is 0 Å². The van der Waals surface area contributed by atoms with Gasteiger partial charge in [-0.15, -0.1) is 0 Å². The molecule has 9 nitrogen and oxygen atoms in total. The SMILES string of the molecule is COC(=O)c1cncc(OCC2CN(C(=O)/C(C#N)=C/c3ccc(O)cc3)CCO2)c1. The summed E-state index contributed by atoms with van der Waals surface area (Å²) in [5.74, 6) is -0.448. The molecule has 0 radical (unpaired) electrons. The Morgan fingerprint density at radius 2 is 2.13 bits per heavy atom. The van der Waals surface area contributed by atoms with Crippen molar-refractivity contribution in [2.75, 3.05) is 33.4 Å². The van der Waals surface area contributed by atoms with E-state index in [0.29, 0.717) is 24.5 Å². The molecule has 0 bridgehead atoms. The van der Waals surface area contributed by atoms with Gasteiger partial charge in [0.15, 0.2) is 0 Å². The smallest absolute Gasteiger partial charge is 0.339 e. The molecule has 1 fully saturated rings. The Bertz CT molecular complexity index is 1010. The minimum absolute atomic E-state index is 0.0118. The van der Waals surface area contributed by atoms with Crippen LogP contribution in [0.3, 0.4) is 0 Å². The van der Waals surface area contributed by atoms with E-state index >= 15 is 0 Å². The van der Waals surface area contributed by atoms with E-state index < -0.39 is 18.0 Å². The Hall–Kier alpha value is -3.90. The Labute approximate surface area is 179 Å². The molecule has 31 heavy (non-hydrogen) atoms. The maximum atomic E-state index is 12.8. The van der Waals surface area contributed by atoms with Crippen molar-refractivity contribution in [3.63, 3.8) is 0 Å². The van der Waals surface area contributed by atoms with E-state index in [2.05, 4.69) is 9.72 Å². The highest BCUT2D eigenvalue weighted by Gasteiger charge is 2.27. The first-order valence-electron chi connectivity index (χ1n) is 9.48. The molecule has 2 heterocycles. The molecule has 1 N–H and O–H groups in total. The molecule has 1 unspecified atom stereocenters. The van der Waals surface area contributed by atoms with Crippen molar-refractivity contribution in [2.24, 2.45) is 0 Å². The van der Waals surface area contributed by atoms with Crippen molar-refractivity contribution in [1.29, 1.82) is 5.26 Å². The van der Waals surface area contributed by atoms with Gasteiger partial charge in [-0.05, 0) is 29.8 Å². The van der Waals surface area contributed by atoms with Crippen LogP contribution in [0.25, 0.3) is 6.08 Å². The number of rotatable bonds is 6. The van der Waals surface area contributed by atoms with Crippen molar-refractivity contribution in [3.8, 4) is 17.6 Å². The number of aromatic nitrogens is 1. The zero-order chi connectivity index (χ0) is 22.2. The van der Waals surface area contributed by atoms with Crippen LogP contribution in [0.1, 0.15) is 15.9 Å². The number of nitriles is 1. The Morgan fingerprint density at radius 3 is 2.84 bits per heavy atom. The number of hydrogen-bond donors (Lipinski definition) is 1. The van der Waals surface area contributed by atoms with Crippen molar-refractivity contribution in [3.05, 3.63) is 59.4 Å². The van der Waals surface area contributed by atoms with E-state index in [1.54, 1.807) is 12.1 Å². The van der Waals surface area contributed by atoms with Crippen LogP contribution in [-0.4, -0.2) is 66.4 Å². The van der Waals surface area contributed by atoms with Crippen molar-refractivity contribution < 1.29 is 28.9 Å². The first-order valence-corrected chi connectivity index (χ1v) is 9.48. The highest BCUT2D eigenvalue weighted by molar-refractivity contribution is 6.01. The lowest BCUT2D eigenvalue weighted by Crippen LogP contribution is -2.48. The number of aromatic hydroxyl groups is 1. The van der Waals surface area contributed by atoms with Crippen LogP contribution in [-0.2, 0) is 14.3 Å². The molecular formula is C22H21N3O6. The van der Waals surface area contributed by atoms with Gasteiger partial charge in [-0.2, -0.15) is 5.26 Å². The summed E-state index contributed by atoms with van der Waals surface area (Å²) in [6, 6.07) is 9.66. The lowest BCUT2D eigenvalue weighted by molar-refractivity contribution is -0.135. The summed E-state index contributed by atoms with van der Waals surface area (Å²) in [7, 11) is 1.28. The number of amides is 1. The van der Waals surface area contributed by atoms with E-state index in [0.717, 1.165) is 0 Å². The fourth-order valence-electron chi connectivity index (χ4n) is 2.97. The van der Waals surface area contributed by atoms with Gasteiger partial charge < -0.3 is 24.2 Å². The van der Waals surface area contributed by atoms with Crippen LogP contribution in [0.2, 0.25) is 0 Å². The quantitative estimate of drug-likeness (QED) is 0.424. The number of morpholine rings is 1. The summed E-state index contributed by atoms with van der Waals surface area (Å²) in [5, 5.41) is 18.8. The zero-order valence-electron chi connectivity index (χ0n) is 16.9. The Morgan fingerprint density at radius 1 is 1.35 bits per heavy atom. The topological polar surface area (TPSA) is 122 Å². The third kappa shape index (κ3) is 5.81. The molecule has 0 aliphatic carbocycles. The number of phenols is 1. The number of benzene rings is 1. The molecule has 9 heteroatoms. The van der Waals surface area contributed by atoms with Crippen LogP contribution in [0.15, 0.2) is 48.3 Å². The van der Waals surface area contributed by atoms with Gasteiger partial charge in [0, 0.05) is 12.7 Å². The van der Waals surface area contributed by atoms with Gasteiger partial charge in [-0.1, -0.05) is 12.1 Å². The number of phenolic OH excluding ortho intramolecular Hbond substituents is 1. The molecule has 1 amide bonds. The molecule has 1 aromatic heterocycles. The fraction of sp³-hybridized carbons (Fsp3) is 0.273. The van der Waals surface area contributed by atoms with Crippen molar-refractivity contribution in [2.45, 2.75) is 6.10 Å². The first kappa shape index (κ1) is 21.8. The number of esters is 1. The van der Waals surface area contributed by atoms with Gasteiger partial charge in [-0.25, -0.2) is 4.79 Å². The van der Waals surface area contributed by atoms with E-state index in [1.807, 2.05) is 6.07 Å². The molecule has 1 aliphatic heterocycles. The third-order valence-electron chi connectivity index (χ3n) is 4.55. The monoisotopic (exact) mass is 423 g/mol. The van der Waals surface area contributed by atoms with Gasteiger partial charge >= 0.3 is 5.97 Å². The minimum atomic E-state index is -0.520. The summed E-state index contributed by atoms with van der Waals surface area (Å²) in [6.07, 6.45) is 3.91. The van der Waals surface area contributed by atoms with E-state index in [9.17, 15) is 20.0 Å². The molecule has 2 aromatic rings. The zero-order valence-corrected chi connectivity index (χ0v) is 16.9. The number of hydrogen-bond acceptors (Lipinski definition) is 8. The predicted octanol–water partition coefficient (Wildman–Crippen LogP) is 1.79. The molecule has 160 valence electrons. The van der Waals surface area contributed by atoms with Gasteiger partial charge in [0.05, 0.1) is 32.0 Å². The van der Waals surface area contributed by atoms with Crippen LogP contribution in [0, 0.1) is 11.3 Å². The lowest BCUT2D eigenvalue weighted by Gasteiger charge is -2.32. The maximum Gasteiger partial charge on any atom is 0.339 e. The van der Waals surface area contributed by atoms with Crippen LogP contribution < -0.4 is 4.74 Å². The van der Waals surface area contributed by atoms with Crippen molar-refractivity contribution >= 4 is 18.0 Å². The van der Waals surface area contributed by atoms with E-state index in [-0.39, 0.29) is 30.0 Å². The molecule has 0 spiro atoms. The van der Waals surface area contributed by atoms with Crippen molar-refractivity contribution in [1.82, 2.24) is 9.88 Å². The summed E-state index contributed by atoms with van der Waals surface area (Å²) < 4.78 is 16.0. The number of pyridine rings is 1. The number of carbonyl (C=O) groups excluding carboxylic acids is 2. The number of ether oxygens (including phenoxy) is 3. The average molecular weight is 423 g/mol. The first-order chi connectivity index (χ1) is 15.0. The average Bonchev–Trinajstić information content (AvgIpc) is 2.81. The normalized spacial score (nSPS) is 16.3. The second kappa shape index (κ2) is 10.2. The Balaban J connectivity index is 1.62. The van der Waals surface area contributed by atoms with Gasteiger partial charge in [-0.3, -0.25) is 9.78 Å². The van der Waals surface area contributed by atoms with E-state index in [1.165, 1.54) is 48.7 Å². The second-order valence-corrected chi connectivity index (χ2v) is 6.72. The number of nitrogens with zero attached hydrogens (tertiary/aromatic N) is 3. The summed E-state index contributed by atoms with van der Waals surface area (Å²) in [6.45, 7) is 1.04. The predicted molar refractivity (Wildman–Crippen MR) is 109 cm³/mol. The lowest BCUT2D eigenvalue weighted by atomic mass is 10.1. The van der Waals surface area contributed by atoms with E-state index in [4.69, 9.17) is 9.47 Å².